The van der Waals surface area contributed by atoms with Gasteiger partial charge in [-0.25, -0.2) is 8.42 Å². The van der Waals surface area contributed by atoms with E-state index >= 15 is 0 Å². The highest BCUT2D eigenvalue weighted by Gasteiger charge is 2.28. The Morgan fingerprint density at radius 2 is 1.64 bits per heavy atom. The molecule has 0 atom stereocenters. The maximum absolute atomic E-state index is 11.6. The summed E-state index contributed by atoms with van der Waals surface area (Å²) >= 11 is 0. The topological polar surface area (TPSA) is 71.4 Å². The number of hydrogen-bond donors (Lipinski definition) is 1. The van der Waals surface area contributed by atoms with Crippen molar-refractivity contribution < 1.29 is 18.3 Å². The maximum Gasteiger partial charge on any atom is 0.318 e. The zero-order valence-corrected chi connectivity index (χ0v) is 8.92. The molecule has 0 heterocycles. The van der Waals surface area contributed by atoms with E-state index in [0.717, 1.165) is 25.7 Å². The predicted molar refractivity (Wildman–Crippen MR) is 52.9 cm³/mol. The summed E-state index contributed by atoms with van der Waals surface area (Å²) in [6, 6.07) is 0. The highest BCUT2D eigenvalue weighted by Crippen LogP contribution is 2.23. The lowest BCUT2D eigenvalue weighted by Crippen LogP contribution is -2.27. The molecule has 0 bridgehead atoms. The molecule has 82 valence electrons. The lowest BCUT2D eigenvalue weighted by molar-refractivity contribution is -0.134. The van der Waals surface area contributed by atoms with Gasteiger partial charge in [0.15, 0.2) is 9.84 Å². The SMILES string of the molecule is O=C(O)CS(=O)(=O)C1CCCCCC1. The van der Waals surface area contributed by atoms with E-state index in [2.05, 4.69) is 0 Å². The molecule has 0 saturated heterocycles. The zero-order chi connectivity index (χ0) is 10.6. The van der Waals surface area contributed by atoms with Crippen LogP contribution < -0.4 is 0 Å². The molecule has 0 unspecified atom stereocenters. The summed E-state index contributed by atoms with van der Waals surface area (Å²) in [5.74, 6) is -1.95. The van der Waals surface area contributed by atoms with Crippen LogP contribution in [-0.4, -0.2) is 30.5 Å². The molecule has 5 heteroatoms. The Morgan fingerprint density at radius 1 is 1.14 bits per heavy atom. The minimum absolute atomic E-state index is 0.416. The smallest absolute Gasteiger partial charge is 0.318 e. The minimum Gasteiger partial charge on any atom is -0.480 e. The van der Waals surface area contributed by atoms with E-state index in [4.69, 9.17) is 5.11 Å². The third kappa shape index (κ3) is 3.29. The Hall–Kier alpha value is -0.580. The van der Waals surface area contributed by atoms with Crippen molar-refractivity contribution >= 4 is 15.8 Å². The first-order chi connectivity index (χ1) is 6.52. The van der Waals surface area contributed by atoms with Crippen molar-refractivity contribution in [3.63, 3.8) is 0 Å². The largest absolute Gasteiger partial charge is 0.480 e. The Morgan fingerprint density at radius 3 is 2.07 bits per heavy atom. The average Bonchev–Trinajstić information content (AvgIpc) is 2.28. The molecule has 1 aliphatic rings. The number of sulfone groups is 1. The fourth-order valence-corrected chi connectivity index (χ4v) is 3.52. The summed E-state index contributed by atoms with van der Waals surface area (Å²) in [6.07, 6.45) is 5.22. The van der Waals surface area contributed by atoms with Crippen LogP contribution in [0.5, 0.6) is 0 Å². The van der Waals surface area contributed by atoms with Gasteiger partial charge in [-0.2, -0.15) is 0 Å². The van der Waals surface area contributed by atoms with E-state index in [-0.39, 0.29) is 0 Å². The molecule has 0 spiro atoms. The van der Waals surface area contributed by atoms with Gasteiger partial charge in [0.2, 0.25) is 0 Å². The molecule has 0 amide bonds. The number of hydrogen-bond acceptors (Lipinski definition) is 3. The first-order valence-corrected chi connectivity index (χ1v) is 6.67. The van der Waals surface area contributed by atoms with Gasteiger partial charge in [0, 0.05) is 0 Å². The highest BCUT2D eigenvalue weighted by molar-refractivity contribution is 7.92. The van der Waals surface area contributed by atoms with Crippen molar-refractivity contribution in [3.05, 3.63) is 0 Å². The zero-order valence-electron chi connectivity index (χ0n) is 8.11. The van der Waals surface area contributed by atoms with Crippen molar-refractivity contribution in [1.82, 2.24) is 0 Å². The Bertz CT molecular complexity index is 286. The van der Waals surface area contributed by atoms with Gasteiger partial charge in [0.1, 0.15) is 5.75 Å². The summed E-state index contributed by atoms with van der Waals surface area (Å²) in [7, 11) is -3.41. The normalized spacial score (nSPS) is 20.3. The summed E-state index contributed by atoms with van der Waals surface area (Å²) in [5, 5.41) is 8.06. The number of carbonyl (C=O) groups is 1. The molecule has 1 saturated carbocycles. The second kappa shape index (κ2) is 4.77. The fraction of sp³-hybridized carbons (Fsp3) is 0.889. The van der Waals surface area contributed by atoms with Gasteiger partial charge in [-0.05, 0) is 12.8 Å². The van der Waals surface area contributed by atoms with E-state index in [0.29, 0.717) is 12.8 Å². The lowest BCUT2D eigenvalue weighted by atomic mass is 10.2. The predicted octanol–water partition coefficient (Wildman–Crippen LogP) is 1.21. The molecule has 1 rings (SSSR count). The first kappa shape index (κ1) is 11.5. The van der Waals surface area contributed by atoms with Crippen molar-refractivity contribution in [2.24, 2.45) is 0 Å². The molecule has 0 aromatic carbocycles. The van der Waals surface area contributed by atoms with E-state index < -0.39 is 26.8 Å². The van der Waals surface area contributed by atoms with Crippen molar-refractivity contribution in [3.8, 4) is 0 Å². The van der Waals surface area contributed by atoms with Crippen LogP contribution in [0, 0.1) is 0 Å². The summed E-state index contributed by atoms with van der Waals surface area (Å²) in [4.78, 5) is 10.4. The molecule has 1 N–H and O–H groups in total. The highest BCUT2D eigenvalue weighted by atomic mass is 32.2. The van der Waals surface area contributed by atoms with Crippen LogP contribution in [0.1, 0.15) is 38.5 Å². The van der Waals surface area contributed by atoms with Crippen LogP contribution in [0.25, 0.3) is 0 Å². The van der Waals surface area contributed by atoms with Crippen LogP contribution in [0.2, 0.25) is 0 Å². The maximum atomic E-state index is 11.6. The van der Waals surface area contributed by atoms with Crippen LogP contribution >= 0.6 is 0 Å². The number of carboxylic acid groups (broad SMARTS) is 1. The summed E-state index contributed by atoms with van der Waals surface area (Å²) < 4.78 is 23.1. The monoisotopic (exact) mass is 220 g/mol. The lowest BCUT2D eigenvalue weighted by Gasteiger charge is -2.12. The number of rotatable bonds is 3. The fourth-order valence-electron chi connectivity index (χ4n) is 1.89. The van der Waals surface area contributed by atoms with E-state index in [1.807, 2.05) is 0 Å². The van der Waals surface area contributed by atoms with Gasteiger partial charge in [0.05, 0.1) is 5.25 Å². The van der Waals surface area contributed by atoms with Crippen LogP contribution in [-0.2, 0) is 14.6 Å². The summed E-state index contributed by atoms with van der Waals surface area (Å²) in [5.41, 5.74) is 0. The second-order valence-corrected chi connectivity index (χ2v) is 6.10. The van der Waals surface area contributed by atoms with Gasteiger partial charge in [0.25, 0.3) is 0 Å². The van der Waals surface area contributed by atoms with Crippen LogP contribution in [0.3, 0.4) is 0 Å². The minimum atomic E-state index is -3.41. The Labute approximate surface area is 84.2 Å². The van der Waals surface area contributed by atoms with Gasteiger partial charge in [-0.1, -0.05) is 25.7 Å². The molecule has 1 fully saturated rings. The Kier molecular flexibility index (Phi) is 3.92. The second-order valence-electron chi connectivity index (χ2n) is 3.81. The third-order valence-corrected chi connectivity index (χ3v) is 4.77. The molecular weight excluding hydrogens is 204 g/mol. The van der Waals surface area contributed by atoms with Gasteiger partial charge in [-0.15, -0.1) is 0 Å². The van der Waals surface area contributed by atoms with Crippen molar-refractivity contribution in [2.75, 3.05) is 5.75 Å². The van der Waals surface area contributed by atoms with Gasteiger partial charge >= 0.3 is 5.97 Å². The van der Waals surface area contributed by atoms with E-state index in [9.17, 15) is 13.2 Å². The molecule has 0 radical (unpaired) electrons. The number of aliphatic carboxylic acids is 1. The van der Waals surface area contributed by atoms with Gasteiger partial charge in [-0.3, -0.25) is 4.79 Å². The number of carboxylic acids is 1. The molecular formula is C9H16O4S. The van der Waals surface area contributed by atoms with Crippen LogP contribution in [0.15, 0.2) is 0 Å². The van der Waals surface area contributed by atoms with Crippen molar-refractivity contribution in [2.45, 2.75) is 43.8 Å². The van der Waals surface area contributed by atoms with Crippen molar-refractivity contribution in [1.29, 1.82) is 0 Å². The molecule has 0 aromatic rings. The first-order valence-electron chi connectivity index (χ1n) is 4.96. The third-order valence-electron chi connectivity index (χ3n) is 2.63. The Balaban J connectivity index is 2.64. The molecule has 1 aliphatic carbocycles. The quantitative estimate of drug-likeness (QED) is 0.726. The van der Waals surface area contributed by atoms with Crippen LogP contribution in [0.4, 0.5) is 0 Å². The van der Waals surface area contributed by atoms with E-state index in [1.54, 1.807) is 0 Å². The molecule has 14 heavy (non-hydrogen) atoms. The molecule has 0 aromatic heterocycles. The molecule has 0 aliphatic heterocycles. The summed E-state index contributed by atoms with van der Waals surface area (Å²) in [6.45, 7) is 0. The standard InChI is InChI=1S/C9H16O4S/c10-9(11)7-14(12,13)8-5-3-1-2-4-6-8/h8H,1-7H2,(H,10,11). The molecule has 4 nitrogen and oxygen atoms in total. The average molecular weight is 220 g/mol. The van der Waals surface area contributed by atoms with Gasteiger partial charge < -0.3 is 5.11 Å². The van der Waals surface area contributed by atoms with E-state index in [1.165, 1.54) is 0 Å².